The maximum Gasteiger partial charge on any atom is 0.277 e. The van der Waals surface area contributed by atoms with Crippen LogP contribution >= 0.6 is 0 Å². The molecule has 4 nitrogen and oxygen atoms in total. The van der Waals surface area contributed by atoms with Gasteiger partial charge in [-0.1, -0.05) is 72.8 Å². The number of rotatable bonds is 7. The highest BCUT2D eigenvalue weighted by atomic mass is 19.1. The van der Waals surface area contributed by atoms with Gasteiger partial charge in [0.2, 0.25) is 0 Å². The summed E-state index contributed by atoms with van der Waals surface area (Å²) >= 11 is 0. The minimum atomic E-state index is -0.310. The molecule has 0 bridgehead atoms. The Morgan fingerprint density at radius 1 is 0.774 bits per heavy atom. The zero-order valence-corrected chi connectivity index (χ0v) is 17.3. The normalized spacial score (nSPS) is 13.8. The Labute approximate surface area is 181 Å². The van der Waals surface area contributed by atoms with Crippen LogP contribution in [0.25, 0.3) is 5.57 Å². The molecular weight excluding hydrogens is 391 g/mol. The van der Waals surface area contributed by atoms with Gasteiger partial charge >= 0.3 is 0 Å². The lowest BCUT2D eigenvalue weighted by molar-refractivity contribution is -0.137. The van der Waals surface area contributed by atoms with Crippen LogP contribution in [-0.2, 0) is 22.6 Å². The first-order chi connectivity index (χ1) is 15.0. The van der Waals surface area contributed by atoms with Crippen molar-refractivity contribution in [3.63, 3.8) is 0 Å². The lowest BCUT2D eigenvalue weighted by atomic mass is 10.0. The Balaban J connectivity index is 1.63. The van der Waals surface area contributed by atoms with E-state index < -0.39 is 0 Å². The molecule has 1 aliphatic rings. The van der Waals surface area contributed by atoms with Gasteiger partial charge in [0.15, 0.2) is 0 Å². The fourth-order valence-corrected chi connectivity index (χ4v) is 3.81. The van der Waals surface area contributed by atoms with Gasteiger partial charge in [0.05, 0.1) is 5.57 Å². The number of imide groups is 1. The predicted octanol–water partition coefficient (Wildman–Crippen LogP) is 4.28. The van der Waals surface area contributed by atoms with Crippen LogP contribution in [0.2, 0.25) is 0 Å². The van der Waals surface area contributed by atoms with Gasteiger partial charge in [-0.25, -0.2) is 4.39 Å². The van der Waals surface area contributed by atoms with E-state index in [1.807, 2.05) is 72.6 Å². The summed E-state index contributed by atoms with van der Waals surface area (Å²) in [6.45, 7) is 0.750. The highest BCUT2D eigenvalue weighted by molar-refractivity contribution is 6.35. The van der Waals surface area contributed by atoms with Crippen LogP contribution in [0.4, 0.5) is 4.39 Å². The van der Waals surface area contributed by atoms with E-state index in [0.29, 0.717) is 24.2 Å². The van der Waals surface area contributed by atoms with Crippen molar-refractivity contribution in [1.29, 1.82) is 0 Å². The number of carbonyl (C=O) groups excluding carboxylic acids is 2. The Kier molecular flexibility index (Phi) is 5.94. The van der Waals surface area contributed by atoms with Crippen LogP contribution in [0, 0.1) is 5.82 Å². The quantitative estimate of drug-likeness (QED) is 0.542. The highest BCUT2D eigenvalue weighted by Gasteiger charge is 2.40. The van der Waals surface area contributed by atoms with E-state index >= 15 is 0 Å². The Morgan fingerprint density at radius 3 is 2.03 bits per heavy atom. The molecule has 156 valence electrons. The van der Waals surface area contributed by atoms with E-state index in [2.05, 4.69) is 0 Å². The predicted molar refractivity (Wildman–Crippen MR) is 118 cm³/mol. The zero-order chi connectivity index (χ0) is 21.8. The molecule has 0 aromatic heterocycles. The first kappa shape index (κ1) is 20.5. The third-order valence-electron chi connectivity index (χ3n) is 5.39. The fourth-order valence-electron chi connectivity index (χ4n) is 3.81. The molecule has 1 aliphatic heterocycles. The van der Waals surface area contributed by atoms with Crippen LogP contribution in [0.5, 0.6) is 0 Å². The average molecular weight is 414 g/mol. The lowest BCUT2D eigenvalue weighted by Crippen LogP contribution is -2.35. The monoisotopic (exact) mass is 414 g/mol. The van der Waals surface area contributed by atoms with E-state index in [-0.39, 0.29) is 24.2 Å². The number of hydrogen-bond acceptors (Lipinski definition) is 3. The molecular formula is C26H23FN2O2. The summed E-state index contributed by atoms with van der Waals surface area (Å²) in [7, 11) is 1.83. The Bertz CT molecular complexity index is 1110. The Morgan fingerprint density at radius 2 is 1.39 bits per heavy atom. The summed E-state index contributed by atoms with van der Waals surface area (Å²) in [4.78, 5) is 29.8. The van der Waals surface area contributed by atoms with Gasteiger partial charge in [-0.15, -0.1) is 0 Å². The molecule has 0 N–H and O–H groups in total. The van der Waals surface area contributed by atoms with Crippen LogP contribution in [-0.4, -0.2) is 35.2 Å². The average Bonchev–Trinajstić information content (AvgIpc) is 3.04. The molecule has 3 aromatic rings. The van der Waals surface area contributed by atoms with Crippen molar-refractivity contribution >= 4 is 17.4 Å². The van der Waals surface area contributed by atoms with Crippen LogP contribution < -0.4 is 0 Å². The summed E-state index contributed by atoms with van der Waals surface area (Å²) in [5.41, 5.74) is 3.46. The first-order valence-electron chi connectivity index (χ1n) is 10.2. The number of likely N-dealkylation sites (N-methyl/N-ethyl adjacent to an activating group) is 1. The molecule has 0 spiro atoms. The third-order valence-corrected chi connectivity index (χ3v) is 5.39. The van der Waals surface area contributed by atoms with Crippen LogP contribution in [0.3, 0.4) is 0 Å². The van der Waals surface area contributed by atoms with E-state index in [1.165, 1.54) is 17.0 Å². The molecule has 0 aliphatic carbocycles. The standard InChI is InChI=1S/C26H23FN2O2/c1-28(18-20-8-4-2-5-9-20)24-23(21-10-6-3-7-11-21)25(30)29(26(24)31)17-16-19-12-14-22(27)15-13-19/h2-15H,16-18H2,1H3. The maximum absolute atomic E-state index is 13.4. The Hall–Kier alpha value is -3.73. The summed E-state index contributed by atoms with van der Waals surface area (Å²) in [6, 6.07) is 25.2. The van der Waals surface area contributed by atoms with Crippen molar-refractivity contribution in [2.45, 2.75) is 13.0 Å². The summed E-state index contributed by atoms with van der Waals surface area (Å²) in [6.07, 6.45) is 0.468. The van der Waals surface area contributed by atoms with Gasteiger partial charge in [0.1, 0.15) is 11.5 Å². The van der Waals surface area contributed by atoms with Crippen molar-refractivity contribution in [3.8, 4) is 0 Å². The number of hydrogen-bond donors (Lipinski definition) is 0. The second-order valence-electron chi connectivity index (χ2n) is 7.57. The van der Waals surface area contributed by atoms with Gasteiger partial charge in [-0.05, 0) is 35.2 Å². The van der Waals surface area contributed by atoms with E-state index in [0.717, 1.165) is 16.7 Å². The first-order valence-corrected chi connectivity index (χ1v) is 10.2. The molecule has 4 rings (SSSR count). The number of nitrogens with zero attached hydrogens (tertiary/aromatic N) is 2. The molecule has 31 heavy (non-hydrogen) atoms. The molecule has 5 heteroatoms. The molecule has 2 amide bonds. The summed E-state index contributed by atoms with van der Waals surface area (Å²) < 4.78 is 13.2. The number of amides is 2. The van der Waals surface area contributed by atoms with Gasteiger partial charge in [0, 0.05) is 20.1 Å². The molecule has 0 atom stereocenters. The van der Waals surface area contributed by atoms with Crippen molar-refractivity contribution in [3.05, 3.63) is 113 Å². The second kappa shape index (κ2) is 8.96. The second-order valence-corrected chi connectivity index (χ2v) is 7.57. The number of halogens is 1. The van der Waals surface area contributed by atoms with E-state index in [4.69, 9.17) is 0 Å². The molecule has 0 saturated carbocycles. The van der Waals surface area contributed by atoms with Crippen molar-refractivity contribution < 1.29 is 14.0 Å². The van der Waals surface area contributed by atoms with Crippen molar-refractivity contribution in [2.24, 2.45) is 0 Å². The largest absolute Gasteiger partial charge is 0.365 e. The van der Waals surface area contributed by atoms with Gasteiger partial charge in [0.25, 0.3) is 11.8 Å². The van der Waals surface area contributed by atoms with Gasteiger partial charge in [-0.3, -0.25) is 14.5 Å². The van der Waals surface area contributed by atoms with Gasteiger partial charge < -0.3 is 4.90 Å². The maximum atomic E-state index is 13.4. The van der Waals surface area contributed by atoms with Crippen LogP contribution in [0.15, 0.2) is 90.6 Å². The summed E-state index contributed by atoms with van der Waals surface area (Å²) in [5.74, 6) is -0.910. The number of benzene rings is 3. The minimum absolute atomic E-state index is 0.238. The van der Waals surface area contributed by atoms with Crippen LogP contribution in [0.1, 0.15) is 16.7 Å². The van der Waals surface area contributed by atoms with Crippen molar-refractivity contribution in [2.75, 3.05) is 13.6 Å². The molecule has 0 saturated heterocycles. The molecule has 0 fully saturated rings. The molecule has 3 aromatic carbocycles. The fraction of sp³-hybridized carbons (Fsp3) is 0.154. The highest BCUT2D eigenvalue weighted by Crippen LogP contribution is 2.31. The molecule has 1 heterocycles. The number of carbonyl (C=O) groups is 2. The van der Waals surface area contributed by atoms with E-state index in [1.54, 1.807) is 12.1 Å². The lowest BCUT2D eigenvalue weighted by Gasteiger charge is -2.21. The molecule has 0 radical (unpaired) electrons. The van der Waals surface area contributed by atoms with Crippen molar-refractivity contribution in [1.82, 2.24) is 9.80 Å². The van der Waals surface area contributed by atoms with Gasteiger partial charge in [-0.2, -0.15) is 0 Å². The molecule has 0 unspecified atom stereocenters. The SMILES string of the molecule is CN(Cc1ccccc1)C1=C(c2ccccc2)C(=O)N(CCc2ccc(F)cc2)C1=O. The third kappa shape index (κ3) is 4.40. The minimum Gasteiger partial charge on any atom is -0.365 e. The zero-order valence-electron chi connectivity index (χ0n) is 17.3. The van der Waals surface area contributed by atoms with E-state index in [9.17, 15) is 14.0 Å². The smallest absolute Gasteiger partial charge is 0.277 e. The topological polar surface area (TPSA) is 40.6 Å². The summed E-state index contributed by atoms with van der Waals surface area (Å²) in [5, 5.41) is 0.